The minimum atomic E-state index is -3.65. The van der Waals surface area contributed by atoms with Crippen LogP contribution in [0.3, 0.4) is 0 Å². The van der Waals surface area contributed by atoms with E-state index < -0.39 is 33.4 Å². The van der Waals surface area contributed by atoms with Crippen LogP contribution in [0, 0.1) is 5.82 Å². The number of nitrogens with one attached hydrogen (secondary N) is 3. The summed E-state index contributed by atoms with van der Waals surface area (Å²) in [5.41, 5.74) is 4.19. The highest BCUT2D eigenvalue weighted by Crippen LogP contribution is 2.31. The van der Waals surface area contributed by atoms with Crippen molar-refractivity contribution in [3.05, 3.63) is 94.8 Å². The maximum atomic E-state index is 13.1. The summed E-state index contributed by atoms with van der Waals surface area (Å²) in [7, 11) is -3.65. The van der Waals surface area contributed by atoms with Crippen molar-refractivity contribution >= 4 is 33.0 Å². The summed E-state index contributed by atoms with van der Waals surface area (Å²) in [4.78, 5) is 25.7. The zero-order valence-corrected chi connectivity index (χ0v) is 20.3. The SMILES string of the molecule is O=C(N[C@H]1CCCc2ccccc21)c1ccc2c(c1)NC(=O)[C@@H](CS(=O)(=O)Cc1ccc(F)cc1)N2. The summed E-state index contributed by atoms with van der Waals surface area (Å²) in [6, 6.07) is 17.2. The molecular weight excluding hydrogens is 481 g/mol. The Bertz CT molecular complexity index is 1420. The number of fused-ring (bicyclic) bond motifs is 2. The summed E-state index contributed by atoms with van der Waals surface area (Å²) in [5, 5.41) is 8.80. The molecule has 5 rings (SSSR count). The maximum Gasteiger partial charge on any atom is 0.251 e. The summed E-state index contributed by atoms with van der Waals surface area (Å²) < 4.78 is 38.4. The molecule has 1 aliphatic carbocycles. The van der Waals surface area contributed by atoms with E-state index in [9.17, 15) is 22.4 Å². The molecule has 0 radical (unpaired) electrons. The van der Waals surface area contributed by atoms with Gasteiger partial charge in [0.25, 0.3) is 5.91 Å². The fourth-order valence-corrected chi connectivity index (χ4v) is 6.36. The van der Waals surface area contributed by atoms with Crippen molar-refractivity contribution in [1.82, 2.24) is 5.32 Å². The van der Waals surface area contributed by atoms with E-state index in [0.29, 0.717) is 22.5 Å². The highest BCUT2D eigenvalue weighted by molar-refractivity contribution is 7.90. The van der Waals surface area contributed by atoms with Gasteiger partial charge < -0.3 is 16.0 Å². The molecule has 2 aliphatic rings. The van der Waals surface area contributed by atoms with E-state index in [1.54, 1.807) is 18.2 Å². The first kappa shape index (κ1) is 24.0. The van der Waals surface area contributed by atoms with E-state index in [0.717, 1.165) is 24.8 Å². The van der Waals surface area contributed by atoms with Crippen LogP contribution in [0.25, 0.3) is 0 Å². The molecule has 7 nitrogen and oxygen atoms in total. The summed E-state index contributed by atoms with van der Waals surface area (Å²) in [5.74, 6) is -1.90. The van der Waals surface area contributed by atoms with E-state index >= 15 is 0 Å². The second-order valence-corrected chi connectivity index (χ2v) is 11.4. The lowest BCUT2D eigenvalue weighted by atomic mass is 9.87. The highest BCUT2D eigenvalue weighted by Gasteiger charge is 2.31. The summed E-state index contributed by atoms with van der Waals surface area (Å²) in [6.45, 7) is 0. The molecule has 2 atom stereocenters. The number of benzene rings is 3. The van der Waals surface area contributed by atoms with Crippen molar-refractivity contribution in [1.29, 1.82) is 0 Å². The number of amides is 2. The molecule has 9 heteroatoms. The molecule has 0 aromatic heterocycles. The molecule has 1 aliphatic heterocycles. The van der Waals surface area contributed by atoms with Crippen LogP contribution in [0.15, 0.2) is 66.7 Å². The third-order valence-electron chi connectivity index (χ3n) is 6.58. The van der Waals surface area contributed by atoms with Gasteiger partial charge in [-0.2, -0.15) is 0 Å². The number of hydrogen-bond acceptors (Lipinski definition) is 5. The van der Waals surface area contributed by atoms with Crippen LogP contribution in [0.5, 0.6) is 0 Å². The monoisotopic (exact) mass is 507 g/mol. The molecule has 2 amide bonds. The Morgan fingerprint density at radius 1 is 1.03 bits per heavy atom. The topological polar surface area (TPSA) is 104 Å². The second kappa shape index (κ2) is 9.73. The van der Waals surface area contributed by atoms with Crippen LogP contribution in [0.4, 0.5) is 15.8 Å². The Balaban J connectivity index is 1.26. The first-order valence-corrected chi connectivity index (χ1v) is 13.6. The van der Waals surface area contributed by atoms with E-state index in [1.165, 1.54) is 29.8 Å². The molecule has 186 valence electrons. The lowest BCUT2D eigenvalue weighted by Gasteiger charge is -2.28. The Labute approximate surface area is 209 Å². The zero-order valence-electron chi connectivity index (χ0n) is 19.5. The van der Waals surface area contributed by atoms with Crippen LogP contribution >= 0.6 is 0 Å². The molecule has 0 unspecified atom stereocenters. The van der Waals surface area contributed by atoms with Crippen LogP contribution < -0.4 is 16.0 Å². The van der Waals surface area contributed by atoms with Gasteiger partial charge in [-0.3, -0.25) is 9.59 Å². The molecular formula is C27H26FN3O4S. The molecule has 0 saturated carbocycles. The van der Waals surface area contributed by atoms with Gasteiger partial charge in [0.15, 0.2) is 9.84 Å². The maximum absolute atomic E-state index is 13.1. The van der Waals surface area contributed by atoms with E-state index in [4.69, 9.17) is 0 Å². The molecule has 0 fully saturated rings. The lowest BCUT2D eigenvalue weighted by Crippen LogP contribution is -2.43. The van der Waals surface area contributed by atoms with Crippen molar-refractivity contribution in [2.24, 2.45) is 0 Å². The van der Waals surface area contributed by atoms with Gasteiger partial charge in [0.05, 0.1) is 28.9 Å². The highest BCUT2D eigenvalue weighted by atomic mass is 32.2. The number of carbonyl (C=O) groups is 2. The number of sulfone groups is 1. The first-order valence-electron chi connectivity index (χ1n) is 11.8. The van der Waals surface area contributed by atoms with E-state index in [2.05, 4.69) is 22.0 Å². The van der Waals surface area contributed by atoms with Gasteiger partial charge in [-0.05, 0) is 66.3 Å². The molecule has 1 heterocycles. The fraction of sp³-hybridized carbons (Fsp3) is 0.259. The number of halogens is 1. The minimum Gasteiger partial charge on any atom is -0.371 e. The Hall–Kier alpha value is -3.72. The fourth-order valence-electron chi connectivity index (χ4n) is 4.80. The van der Waals surface area contributed by atoms with Crippen LogP contribution in [0.2, 0.25) is 0 Å². The van der Waals surface area contributed by atoms with Crippen molar-refractivity contribution in [3.8, 4) is 0 Å². The van der Waals surface area contributed by atoms with Gasteiger partial charge >= 0.3 is 0 Å². The van der Waals surface area contributed by atoms with Crippen molar-refractivity contribution < 1.29 is 22.4 Å². The Morgan fingerprint density at radius 2 is 1.81 bits per heavy atom. The van der Waals surface area contributed by atoms with Crippen LogP contribution in [-0.4, -0.2) is 32.0 Å². The van der Waals surface area contributed by atoms with Crippen molar-refractivity contribution in [2.45, 2.75) is 37.1 Å². The predicted molar refractivity (Wildman–Crippen MR) is 136 cm³/mol. The standard InChI is InChI=1S/C27H26FN3O4S/c28-20-11-8-17(9-12-20)15-36(34,35)16-25-27(33)31-24-14-19(10-13-23(24)29-25)26(32)30-22-7-3-5-18-4-1-2-6-21(18)22/h1-2,4,6,8-14,22,25,29H,3,5,7,15-16H2,(H,30,32)(H,31,33)/t22-,25+/m0/s1. The van der Waals surface area contributed by atoms with Gasteiger partial charge in [0.1, 0.15) is 11.9 Å². The second-order valence-electron chi connectivity index (χ2n) is 9.24. The van der Waals surface area contributed by atoms with Gasteiger partial charge in [-0.15, -0.1) is 0 Å². The first-order chi connectivity index (χ1) is 17.3. The van der Waals surface area contributed by atoms with Crippen molar-refractivity contribution in [2.75, 3.05) is 16.4 Å². The normalized spacial score (nSPS) is 18.9. The average molecular weight is 508 g/mol. The molecule has 3 aromatic rings. The van der Waals surface area contributed by atoms with Gasteiger partial charge in [0, 0.05) is 5.56 Å². The lowest BCUT2D eigenvalue weighted by molar-refractivity contribution is -0.116. The van der Waals surface area contributed by atoms with Crippen molar-refractivity contribution in [3.63, 3.8) is 0 Å². The third-order valence-corrected chi connectivity index (χ3v) is 8.20. The van der Waals surface area contributed by atoms with Gasteiger partial charge in [-0.1, -0.05) is 36.4 Å². The molecule has 0 bridgehead atoms. The number of aryl methyl sites for hydroxylation is 1. The number of rotatable bonds is 6. The van der Waals surface area contributed by atoms with Gasteiger partial charge in [-0.25, -0.2) is 12.8 Å². The molecule has 3 N–H and O–H groups in total. The van der Waals surface area contributed by atoms with Crippen LogP contribution in [0.1, 0.15) is 45.9 Å². The number of anilines is 2. The van der Waals surface area contributed by atoms with E-state index in [1.807, 2.05) is 18.2 Å². The summed E-state index contributed by atoms with van der Waals surface area (Å²) in [6.07, 6.45) is 2.86. The number of hydrogen-bond donors (Lipinski definition) is 3. The Morgan fingerprint density at radius 3 is 2.61 bits per heavy atom. The van der Waals surface area contributed by atoms with Gasteiger partial charge in [0.2, 0.25) is 5.91 Å². The third kappa shape index (κ3) is 5.26. The molecule has 36 heavy (non-hydrogen) atoms. The predicted octanol–water partition coefficient (Wildman–Crippen LogP) is 3.98. The smallest absolute Gasteiger partial charge is 0.251 e. The average Bonchev–Trinajstić information content (AvgIpc) is 2.85. The quantitative estimate of drug-likeness (QED) is 0.468. The minimum absolute atomic E-state index is 0.0677. The largest absolute Gasteiger partial charge is 0.371 e. The van der Waals surface area contributed by atoms with Crippen LogP contribution in [-0.2, 0) is 26.8 Å². The molecule has 0 spiro atoms. The molecule has 3 aromatic carbocycles. The molecule has 0 saturated heterocycles. The van der Waals surface area contributed by atoms with E-state index in [-0.39, 0.29) is 17.7 Å². The Kier molecular flexibility index (Phi) is 6.49. The summed E-state index contributed by atoms with van der Waals surface area (Å²) >= 11 is 0. The zero-order chi connectivity index (χ0) is 25.3. The number of carbonyl (C=O) groups excluding carboxylic acids is 2.